The molecule has 134 valence electrons. The van der Waals surface area contributed by atoms with E-state index in [1.165, 1.54) is 12.0 Å². The molecule has 1 aromatic heterocycles. The van der Waals surface area contributed by atoms with Crippen molar-refractivity contribution in [2.45, 2.75) is 39.5 Å². The van der Waals surface area contributed by atoms with E-state index >= 15 is 0 Å². The van der Waals surface area contributed by atoms with Crippen molar-refractivity contribution in [2.24, 2.45) is 0 Å². The van der Waals surface area contributed by atoms with Crippen LogP contribution in [0.15, 0.2) is 10.9 Å². The second kappa shape index (κ2) is 6.11. The Balaban J connectivity index is 2.10. The summed E-state index contributed by atoms with van der Waals surface area (Å²) in [6.45, 7) is 5.82. The number of aromatic amines is 1. The maximum absolute atomic E-state index is 12.4. The van der Waals surface area contributed by atoms with Gasteiger partial charge in [-0.15, -0.1) is 0 Å². The summed E-state index contributed by atoms with van der Waals surface area (Å²) in [5, 5.41) is 1.15. The molecule has 1 aliphatic heterocycles. The predicted octanol–water partition coefficient (Wildman–Crippen LogP) is 4.09. The van der Waals surface area contributed by atoms with Gasteiger partial charge < -0.3 is 14.5 Å². The Hall–Kier alpha value is -1.92. The molecule has 1 amide bonds. The van der Waals surface area contributed by atoms with Gasteiger partial charge in [-0.3, -0.25) is 9.69 Å². The zero-order valence-corrected chi connectivity index (χ0v) is 15.8. The summed E-state index contributed by atoms with van der Waals surface area (Å²) in [6.07, 6.45) is -0.469. The first-order valence-electron chi connectivity index (χ1n) is 7.70. The van der Waals surface area contributed by atoms with E-state index in [0.717, 1.165) is 5.56 Å². The number of pyridine rings is 1. The second-order valence-corrected chi connectivity index (χ2v) is 7.63. The number of carbonyl (C=O) groups is 1. The fourth-order valence-corrected chi connectivity index (χ4v) is 3.31. The van der Waals surface area contributed by atoms with E-state index in [0.29, 0.717) is 22.2 Å². The Morgan fingerprint density at radius 3 is 2.44 bits per heavy atom. The van der Waals surface area contributed by atoms with E-state index in [4.69, 9.17) is 32.7 Å². The molecule has 1 N–H and O–H groups in total. The van der Waals surface area contributed by atoms with E-state index in [1.54, 1.807) is 26.8 Å². The van der Waals surface area contributed by atoms with Crippen LogP contribution in [0.2, 0.25) is 10.0 Å². The fraction of sp³-hybridized carbons (Fsp3) is 0.412. The van der Waals surface area contributed by atoms with Crippen molar-refractivity contribution in [2.75, 3.05) is 7.11 Å². The SMILES string of the molecule is COc1cc2c3c(c(=O)[nH]c2c(Cl)c1Cl)CN(C(=O)OC(C)(C)C)C3. The van der Waals surface area contributed by atoms with E-state index in [1.807, 2.05) is 0 Å². The van der Waals surface area contributed by atoms with Crippen molar-refractivity contribution < 1.29 is 14.3 Å². The van der Waals surface area contributed by atoms with Crippen LogP contribution in [0.1, 0.15) is 31.9 Å². The first kappa shape index (κ1) is 17.9. The van der Waals surface area contributed by atoms with Crippen LogP contribution < -0.4 is 10.3 Å². The van der Waals surface area contributed by atoms with Gasteiger partial charge in [0.1, 0.15) is 16.4 Å². The van der Waals surface area contributed by atoms with Gasteiger partial charge in [0.2, 0.25) is 0 Å². The molecule has 0 radical (unpaired) electrons. The molecule has 0 atom stereocenters. The number of benzene rings is 1. The molecule has 0 aliphatic carbocycles. The third kappa shape index (κ3) is 3.16. The number of carbonyl (C=O) groups excluding carboxylic acids is 1. The van der Waals surface area contributed by atoms with Crippen LogP contribution in [0.25, 0.3) is 10.9 Å². The topological polar surface area (TPSA) is 71.6 Å². The molecule has 0 unspecified atom stereocenters. The second-order valence-electron chi connectivity index (χ2n) is 6.88. The highest BCUT2D eigenvalue weighted by atomic mass is 35.5. The molecule has 0 saturated carbocycles. The van der Waals surface area contributed by atoms with Gasteiger partial charge in [-0.05, 0) is 32.4 Å². The molecule has 2 aromatic rings. The first-order valence-corrected chi connectivity index (χ1v) is 8.45. The van der Waals surface area contributed by atoms with Crippen molar-refractivity contribution >= 4 is 40.2 Å². The smallest absolute Gasteiger partial charge is 0.410 e. The zero-order chi connectivity index (χ0) is 18.5. The minimum atomic E-state index is -0.611. The number of nitrogens with one attached hydrogen (secondary N) is 1. The third-order valence-corrected chi connectivity index (χ3v) is 4.79. The normalized spacial score (nSPS) is 13.9. The van der Waals surface area contributed by atoms with Crippen molar-refractivity contribution in [3.63, 3.8) is 0 Å². The van der Waals surface area contributed by atoms with Gasteiger partial charge in [0, 0.05) is 10.9 Å². The summed E-state index contributed by atoms with van der Waals surface area (Å²) in [5.74, 6) is 0.407. The highest BCUT2D eigenvalue weighted by Crippen LogP contribution is 2.40. The molecular formula is C17H18Cl2N2O4. The molecule has 0 spiro atoms. The maximum atomic E-state index is 12.4. The summed E-state index contributed by atoms with van der Waals surface area (Å²) in [7, 11) is 1.49. The monoisotopic (exact) mass is 384 g/mol. The Kier molecular flexibility index (Phi) is 4.37. The minimum Gasteiger partial charge on any atom is -0.495 e. The van der Waals surface area contributed by atoms with Crippen LogP contribution in [0, 0.1) is 0 Å². The molecular weight excluding hydrogens is 367 g/mol. The van der Waals surface area contributed by atoms with E-state index < -0.39 is 11.7 Å². The summed E-state index contributed by atoms with van der Waals surface area (Å²) in [6, 6.07) is 1.72. The van der Waals surface area contributed by atoms with E-state index in [9.17, 15) is 9.59 Å². The largest absolute Gasteiger partial charge is 0.495 e. The Morgan fingerprint density at radius 2 is 1.84 bits per heavy atom. The van der Waals surface area contributed by atoms with Crippen LogP contribution in [-0.4, -0.2) is 28.7 Å². The van der Waals surface area contributed by atoms with Crippen molar-refractivity contribution in [1.82, 2.24) is 9.88 Å². The van der Waals surface area contributed by atoms with Gasteiger partial charge >= 0.3 is 6.09 Å². The average molecular weight is 385 g/mol. The first-order chi connectivity index (χ1) is 11.6. The van der Waals surface area contributed by atoms with Gasteiger partial charge in [-0.25, -0.2) is 4.79 Å². The van der Waals surface area contributed by atoms with Crippen molar-refractivity contribution in [1.29, 1.82) is 0 Å². The Morgan fingerprint density at radius 1 is 1.20 bits per heavy atom. The van der Waals surface area contributed by atoms with Crippen LogP contribution in [-0.2, 0) is 17.8 Å². The lowest BCUT2D eigenvalue weighted by Crippen LogP contribution is -2.33. The summed E-state index contributed by atoms with van der Waals surface area (Å²) < 4.78 is 10.6. The number of methoxy groups -OCH3 is 1. The highest BCUT2D eigenvalue weighted by Gasteiger charge is 2.31. The molecule has 25 heavy (non-hydrogen) atoms. The highest BCUT2D eigenvalue weighted by molar-refractivity contribution is 6.46. The number of H-pyrrole nitrogens is 1. The molecule has 0 fully saturated rings. The number of fused-ring (bicyclic) bond motifs is 3. The molecule has 8 heteroatoms. The summed E-state index contributed by atoms with van der Waals surface area (Å²) in [4.78, 5) is 29.0. The number of hydrogen-bond acceptors (Lipinski definition) is 4. The van der Waals surface area contributed by atoms with Crippen LogP contribution >= 0.6 is 23.2 Å². The van der Waals surface area contributed by atoms with Gasteiger partial charge in [-0.2, -0.15) is 0 Å². The van der Waals surface area contributed by atoms with Gasteiger partial charge in [0.25, 0.3) is 5.56 Å². The quantitative estimate of drug-likeness (QED) is 0.803. The van der Waals surface area contributed by atoms with Crippen LogP contribution in [0.4, 0.5) is 4.79 Å². The molecule has 3 rings (SSSR count). The Labute approximate surface area is 154 Å². The summed E-state index contributed by atoms with van der Waals surface area (Å²) in [5.41, 5.74) is 0.764. The van der Waals surface area contributed by atoms with Crippen LogP contribution in [0.3, 0.4) is 0 Å². The standard InChI is InChI=1S/C17H18Cl2N2O4/c1-17(2,3)25-16(23)21-6-9-8-5-11(24-4)12(18)13(19)14(8)20-15(22)10(9)7-21/h5H,6-7H2,1-4H3,(H,20,22). The minimum absolute atomic E-state index is 0.179. The molecule has 2 heterocycles. The molecule has 1 aliphatic rings. The number of hydrogen-bond donors (Lipinski definition) is 1. The number of aromatic nitrogens is 1. The molecule has 0 bridgehead atoms. The number of halogens is 2. The number of nitrogens with zero attached hydrogens (tertiary/aromatic N) is 1. The molecule has 6 nitrogen and oxygen atoms in total. The number of ether oxygens (including phenoxy) is 2. The van der Waals surface area contributed by atoms with Crippen LogP contribution in [0.5, 0.6) is 5.75 Å². The van der Waals surface area contributed by atoms with Crippen molar-refractivity contribution in [3.05, 3.63) is 37.6 Å². The molecule has 1 aromatic carbocycles. The predicted molar refractivity (Wildman–Crippen MR) is 96.6 cm³/mol. The maximum Gasteiger partial charge on any atom is 0.410 e. The van der Waals surface area contributed by atoms with Gasteiger partial charge in [0.15, 0.2) is 0 Å². The van der Waals surface area contributed by atoms with Gasteiger partial charge in [-0.1, -0.05) is 23.2 Å². The lowest BCUT2D eigenvalue weighted by atomic mass is 10.1. The lowest BCUT2D eigenvalue weighted by molar-refractivity contribution is 0.0242. The van der Waals surface area contributed by atoms with Gasteiger partial charge in [0.05, 0.1) is 30.7 Å². The van der Waals surface area contributed by atoms with E-state index in [2.05, 4.69) is 4.98 Å². The Bertz CT molecular complexity index is 931. The fourth-order valence-electron chi connectivity index (χ4n) is 2.84. The third-order valence-electron chi connectivity index (χ3n) is 3.94. The van der Waals surface area contributed by atoms with Crippen molar-refractivity contribution in [3.8, 4) is 5.75 Å². The number of rotatable bonds is 1. The summed E-state index contributed by atoms with van der Waals surface area (Å²) >= 11 is 12.4. The lowest BCUT2D eigenvalue weighted by Gasteiger charge is -2.24. The zero-order valence-electron chi connectivity index (χ0n) is 14.3. The molecule has 0 saturated heterocycles. The number of amides is 1. The average Bonchev–Trinajstić information content (AvgIpc) is 2.96. The van der Waals surface area contributed by atoms with E-state index in [-0.39, 0.29) is 28.7 Å².